The van der Waals surface area contributed by atoms with E-state index in [2.05, 4.69) is 21.2 Å². The van der Waals surface area contributed by atoms with Crippen LogP contribution in [0.1, 0.15) is 24.0 Å². The SMILES string of the molecule is Cc1cc(C)c(NC(=O)CCCO)c(Br)c1. The van der Waals surface area contributed by atoms with Crippen molar-refractivity contribution in [1.82, 2.24) is 0 Å². The molecule has 0 fully saturated rings. The molecule has 0 spiro atoms. The molecule has 2 N–H and O–H groups in total. The van der Waals surface area contributed by atoms with Crippen LogP contribution < -0.4 is 5.32 Å². The van der Waals surface area contributed by atoms with Gasteiger partial charge in [-0.05, 0) is 53.4 Å². The fraction of sp³-hybridized carbons (Fsp3) is 0.417. The lowest BCUT2D eigenvalue weighted by molar-refractivity contribution is -0.116. The number of hydrogen-bond acceptors (Lipinski definition) is 2. The highest BCUT2D eigenvalue weighted by Gasteiger charge is 2.08. The van der Waals surface area contributed by atoms with Crippen LogP contribution in [0.5, 0.6) is 0 Å². The van der Waals surface area contributed by atoms with E-state index in [4.69, 9.17) is 5.11 Å². The number of carbonyl (C=O) groups excluding carboxylic acids is 1. The Hall–Kier alpha value is -0.870. The van der Waals surface area contributed by atoms with Crippen LogP contribution in [0.25, 0.3) is 0 Å². The van der Waals surface area contributed by atoms with E-state index in [0.29, 0.717) is 12.8 Å². The Morgan fingerprint density at radius 2 is 2.12 bits per heavy atom. The summed E-state index contributed by atoms with van der Waals surface area (Å²) in [5.74, 6) is -0.0679. The van der Waals surface area contributed by atoms with Gasteiger partial charge in [0.15, 0.2) is 0 Å². The minimum atomic E-state index is -0.0679. The van der Waals surface area contributed by atoms with Gasteiger partial charge in [0, 0.05) is 17.5 Å². The summed E-state index contributed by atoms with van der Waals surface area (Å²) in [6.07, 6.45) is 0.838. The second-order valence-electron chi connectivity index (χ2n) is 3.81. The Labute approximate surface area is 104 Å². The van der Waals surface area contributed by atoms with Gasteiger partial charge < -0.3 is 10.4 Å². The highest BCUT2D eigenvalue weighted by molar-refractivity contribution is 9.10. The molecule has 0 aliphatic rings. The van der Waals surface area contributed by atoms with Gasteiger partial charge in [-0.25, -0.2) is 0 Å². The zero-order valence-electron chi connectivity index (χ0n) is 9.51. The molecule has 0 heterocycles. The monoisotopic (exact) mass is 285 g/mol. The molecule has 1 aromatic rings. The number of amides is 1. The lowest BCUT2D eigenvalue weighted by Crippen LogP contribution is -2.13. The maximum Gasteiger partial charge on any atom is 0.224 e. The smallest absolute Gasteiger partial charge is 0.224 e. The minimum Gasteiger partial charge on any atom is -0.396 e. The van der Waals surface area contributed by atoms with Gasteiger partial charge in [-0.2, -0.15) is 0 Å². The maximum absolute atomic E-state index is 11.5. The maximum atomic E-state index is 11.5. The van der Waals surface area contributed by atoms with Crippen molar-refractivity contribution >= 4 is 27.5 Å². The van der Waals surface area contributed by atoms with Crippen LogP contribution in [-0.4, -0.2) is 17.6 Å². The Morgan fingerprint density at radius 3 is 2.69 bits per heavy atom. The van der Waals surface area contributed by atoms with Gasteiger partial charge in [0.1, 0.15) is 0 Å². The van der Waals surface area contributed by atoms with E-state index in [9.17, 15) is 4.79 Å². The molecule has 0 bridgehead atoms. The Kier molecular flexibility index (Phi) is 4.96. The quantitative estimate of drug-likeness (QED) is 0.894. The van der Waals surface area contributed by atoms with E-state index in [0.717, 1.165) is 21.3 Å². The third kappa shape index (κ3) is 3.61. The summed E-state index contributed by atoms with van der Waals surface area (Å²) in [5, 5.41) is 11.5. The predicted octanol–water partition coefficient (Wildman–Crippen LogP) is 2.78. The molecule has 88 valence electrons. The second kappa shape index (κ2) is 6.01. The van der Waals surface area contributed by atoms with Crippen LogP contribution >= 0.6 is 15.9 Å². The van der Waals surface area contributed by atoms with Gasteiger partial charge in [-0.15, -0.1) is 0 Å². The molecule has 1 rings (SSSR count). The number of halogens is 1. The van der Waals surface area contributed by atoms with Crippen molar-refractivity contribution in [3.63, 3.8) is 0 Å². The highest BCUT2D eigenvalue weighted by Crippen LogP contribution is 2.27. The number of anilines is 1. The largest absolute Gasteiger partial charge is 0.396 e. The number of hydrogen-bond donors (Lipinski definition) is 2. The first-order valence-electron chi connectivity index (χ1n) is 5.22. The van der Waals surface area contributed by atoms with Crippen molar-refractivity contribution in [2.45, 2.75) is 26.7 Å². The van der Waals surface area contributed by atoms with Crippen molar-refractivity contribution in [3.8, 4) is 0 Å². The summed E-state index contributed by atoms with van der Waals surface area (Å²) in [4.78, 5) is 11.5. The summed E-state index contributed by atoms with van der Waals surface area (Å²) in [5.41, 5.74) is 3.00. The van der Waals surface area contributed by atoms with Gasteiger partial charge in [-0.1, -0.05) is 6.07 Å². The van der Waals surface area contributed by atoms with Gasteiger partial charge in [0.25, 0.3) is 0 Å². The molecule has 0 saturated heterocycles. The number of benzene rings is 1. The molecule has 1 aromatic carbocycles. The van der Waals surface area contributed by atoms with E-state index in [1.165, 1.54) is 0 Å². The lowest BCUT2D eigenvalue weighted by Gasteiger charge is -2.11. The van der Waals surface area contributed by atoms with Gasteiger partial charge >= 0.3 is 0 Å². The molecular formula is C12H16BrNO2. The third-order valence-corrected chi connectivity index (χ3v) is 2.88. The van der Waals surface area contributed by atoms with E-state index < -0.39 is 0 Å². The number of nitrogens with one attached hydrogen (secondary N) is 1. The van der Waals surface area contributed by atoms with Gasteiger partial charge in [0.05, 0.1) is 5.69 Å². The number of aryl methyl sites for hydroxylation is 2. The molecule has 0 aliphatic heterocycles. The zero-order chi connectivity index (χ0) is 12.1. The van der Waals surface area contributed by atoms with Crippen LogP contribution in [0.4, 0.5) is 5.69 Å². The molecule has 1 amide bonds. The summed E-state index contributed by atoms with van der Waals surface area (Å²) in [6, 6.07) is 3.99. The Morgan fingerprint density at radius 1 is 1.44 bits per heavy atom. The number of aliphatic hydroxyl groups is 1. The van der Waals surface area contributed by atoms with Crippen molar-refractivity contribution < 1.29 is 9.90 Å². The average molecular weight is 286 g/mol. The molecule has 0 aliphatic carbocycles. The number of aliphatic hydroxyl groups excluding tert-OH is 1. The first-order valence-corrected chi connectivity index (χ1v) is 6.01. The van der Waals surface area contributed by atoms with Crippen molar-refractivity contribution in [2.75, 3.05) is 11.9 Å². The molecule has 16 heavy (non-hydrogen) atoms. The van der Waals surface area contributed by atoms with E-state index >= 15 is 0 Å². The summed E-state index contributed by atoms with van der Waals surface area (Å²) in [7, 11) is 0. The van der Waals surface area contributed by atoms with E-state index in [-0.39, 0.29) is 12.5 Å². The van der Waals surface area contributed by atoms with Crippen LogP contribution in [0.3, 0.4) is 0 Å². The molecular weight excluding hydrogens is 270 g/mol. The molecule has 3 nitrogen and oxygen atoms in total. The predicted molar refractivity (Wildman–Crippen MR) is 68.6 cm³/mol. The molecule has 0 atom stereocenters. The highest BCUT2D eigenvalue weighted by atomic mass is 79.9. The number of rotatable bonds is 4. The lowest BCUT2D eigenvalue weighted by atomic mass is 10.1. The van der Waals surface area contributed by atoms with Gasteiger partial charge in [-0.3, -0.25) is 4.79 Å². The third-order valence-electron chi connectivity index (χ3n) is 2.26. The normalized spacial score (nSPS) is 10.2. The van der Waals surface area contributed by atoms with Gasteiger partial charge in [0.2, 0.25) is 5.91 Å². The Balaban J connectivity index is 2.77. The van der Waals surface area contributed by atoms with Crippen molar-refractivity contribution in [1.29, 1.82) is 0 Å². The van der Waals surface area contributed by atoms with Crippen molar-refractivity contribution in [3.05, 3.63) is 27.7 Å². The second-order valence-corrected chi connectivity index (χ2v) is 4.67. The fourth-order valence-electron chi connectivity index (χ4n) is 1.52. The minimum absolute atomic E-state index is 0.0431. The fourth-order valence-corrected chi connectivity index (χ4v) is 2.29. The first-order chi connectivity index (χ1) is 7.54. The van der Waals surface area contributed by atoms with Crippen LogP contribution in [0.15, 0.2) is 16.6 Å². The average Bonchev–Trinajstić information content (AvgIpc) is 2.20. The molecule has 0 aromatic heterocycles. The summed E-state index contributed by atoms with van der Waals surface area (Å²) in [6.45, 7) is 4.01. The standard InChI is InChI=1S/C12H16BrNO2/c1-8-6-9(2)12(10(13)7-8)14-11(16)4-3-5-15/h6-7,15H,3-5H2,1-2H3,(H,14,16). The van der Waals surface area contributed by atoms with E-state index in [1.54, 1.807) is 0 Å². The molecule has 0 radical (unpaired) electrons. The van der Waals surface area contributed by atoms with Crippen molar-refractivity contribution in [2.24, 2.45) is 0 Å². The van der Waals surface area contributed by atoms with Crippen LogP contribution in [0.2, 0.25) is 0 Å². The zero-order valence-corrected chi connectivity index (χ0v) is 11.1. The van der Waals surface area contributed by atoms with Crippen LogP contribution in [-0.2, 0) is 4.79 Å². The van der Waals surface area contributed by atoms with Crippen LogP contribution in [0, 0.1) is 13.8 Å². The number of carbonyl (C=O) groups is 1. The topological polar surface area (TPSA) is 49.3 Å². The van der Waals surface area contributed by atoms with E-state index in [1.807, 2.05) is 26.0 Å². The first kappa shape index (κ1) is 13.2. The molecule has 0 unspecified atom stereocenters. The Bertz CT molecular complexity index is 368. The molecule has 4 heteroatoms. The summed E-state index contributed by atoms with van der Waals surface area (Å²) >= 11 is 3.43. The summed E-state index contributed by atoms with van der Waals surface area (Å²) < 4.78 is 0.891. The molecule has 0 saturated carbocycles.